The van der Waals surface area contributed by atoms with Crippen molar-refractivity contribution in [1.29, 1.82) is 0 Å². The Balaban J connectivity index is 1.79. The lowest BCUT2D eigenvalue weighted by Gasteiger charge is -2.11. The Morgan fingerprint density at radius 1 is 0.962 bits per heavy atom. The topological polar surface area (TPSA) is 72.5 Å². The zero-order valence-corrected chi connectivity index (χ0v) is 15.1. The van der Waals surface area contributed by atoms with E-state index in [0.29, 0.717) is 18.0 Å². The zero-order chi connectivity index (χ0) is 18.6. The van der Waals surface area contributed by atoms with Crippen molar-refractivity contribution in [2.24, 2.45) is 0 Å². The number of sulfone groups is 1. The average molecular weight is 369 g/mol. The van der Waals surface area contributed by atoms with E-state index >= 15 is 0 Å². The minimum atomic E-state index is -3.75. The second-order valence-electron chi connectivity index (χ2n) is 5.75. The molecule has 0 unspecified atom stereocenters. The van der Waals surface area contributed by atoms with Gasteiger partial charge in [0.1, 0.15) is 11.5 Å². The number of ether oxygens (including phenoxy) is 1. The van der Waals surface area contributed by atoms with Crippen molar-refractivity contribution in [1.82, 2.24) is 0 Å². The summed E-state index contributed by atoms with van der Waals surface area (Å²) in [5.74, 6) is -0.733. The third-order valence-electron chi connectivity index (χ3n) is 3.86. The lowest BCUT2D eigenvalue weighted by molar-refractivity contribution is -0.113. The monoisotopic (exact) mass is 369 g/mol. The molecule has 0 heterocycles. The Kier molecular flexibility index (Phi) is 5.23. The summed E-state index contributed by atoms with van der Waals surface area (Å²) in [7, 11) is -3.75. The van der Waals surface area contributed by atoms with Gasteiger partial charge in [0.25, 0.3) is 0 Å². The number of rotatable bonds is 6. The lowest BCUT2D eigenvalue weighted by Crippen LogP contribution is -2.23. The highest BCUT2D eigenvalue weighted by Crippen LogP contribution is 2.24. The van der Waals surface area contributed by atoms with E-state index in [1.165, 1.54) is 6.07 Å². The normalized spacial score (nSPS) is 11.3. The van der Waals surface area contributed by atoms with Crippen molar-refractivity contribution in [2.45, 2.75) is 11.8 Å². The molecule has 0 radical (unpaired) electrons. The Morgan fingerprint density at radius 2 is 1.65 bits per heavy atom. The minimum Gasteiger partial charge on any atom is -0.492 e. The second-order valence-corrected chi connectivity index (χ2v) is 7.73. The lowest BCUT2D eigenvalue weighted by atomic mass is 10.1. The van der Waals surface area contributed by atoms with Crippen molar-refractivity contribution in [3.8, 4) is 5.75 Å². The summed E-state index contributed by atoms with van der Waals surface area (Å²) in [4.78, 5) is 12.4. The van der Waals surface area contributed by atoms with Gasteiger partial charge in [0.05, 0.1) is 17.2 Å². The molecule has 0 aliphatic carbocycles. The van der Waals surface area contributed by atoms with E-state index in [4.69, 9.17) is 4.74 Å². The predicted octanol–water partition coefficient (Wildman–Crippen LogP) is 3.65. The molecule has 0 aliphatic rings. The summed E-state index contributed by atoms with van der Waals surface area (Å²) in [6.07, 6.45) is 0. The van der Waals surface area contributed by atoms with Crippen LogP contribution in [0.5, 0.6) is 5.75 Å². The number of hydrogen-bond acceptors (Lipinski definition) is 4. The molecule has 0 atom stereocenters. The highest BCUT2D eigenvalue weighted by atomic mass is 32.2. The zero-order valence-electron chi connectivity index (χ0n) is 14.3. The van der Waals surface area contributed by atoms with Crippen LogP contribution in [0.15, 0.2) is 71.6 Å². The van der Waals surface area contributed by atoms with Gasteiger partial charge in [0.15, 0.2) is 9.84 Å². The minimum absolute atomic E-state index is 0.129. The highest BCUT2D eigenvalue weighted by molar-refractivity contribution is 7.92. The number of fused-ring (bicyclic) bond motifs is 1. The fourth-order valence-electron chi connectivity index (χ4n) is 2.65. The molecule has 3 rings (SSSR count). The molecule has 6 heteroatoms. The quantitative estimate of drug-likeness (QED) is 0.720. The second kappa shape index (κ2) is 7.58. The van der Waals surface area contributed by atoms with Gasteiger partial charge in [-0.2, -0.15) is 0 Å². The van der Waals surface area contributed by atoms with Gasteiger partial charge in [-0.05, 0) is 42.0 Å². The van der Waals surface area contributed by atoms with Gasteiger partial charge in [-0.15, -0.1) is 0 Å². The first-order chi connectivity index (χ1) is 12.5. The number of nitrogens with one attached hydrogen (secondary N) is 1. The van der Waals surface area contributed by atoms with Gasteiger partial charge in [0.2, 0.25) is 5.91 Å². The van der Waals surface area contributed by atoms with Crippen molar-refractivity contribution in [3.05, 3.63) is 66.7 Å². The summed E-state index contributed by atoms with van der Waals surface area (Å²) >= 11 is 0. The first-order valence-electron chi connectivity index (χ1n) is 8.23. The molecule has 1 N–H and O–H groups in total. The molecule has 1 amide bonds. The smallest absolute Gasteiger partial charge is 0.240 e. The Hall–Kier alpha value is -2.86. The van der Waals surface area contributed by atoms with Crippen LogP contribution in [0.25, 0.3) is 10.8 Å². The maximum Gasteiger partial charge on any atom is 0.240 e. The first-order valence-corrected chi connectivity index (χ1v) is 9.88. The Labute approximate surface area is 152 Å². The summed E-state index contributed by atoms with van der Waals surface area (Å²) < 4.78 is 30.6. The van der Waals surface area contributed by atoms with Crippen molar-refractivity contribution >= 4 is 32.2 Å². The van der Waals surface area contributed by atoms with Crippen LogP contribution in [-0.2, 0) is 14.6 Å². The molecule has 3 aromatic rings. The molecule has 5 nitrogen and oxygen atoms in total. The summed E-state index contributed by atoms with van der Waals surface area (Å²) in [5, 5.41) is 4.38. The third-order valence-corrected chi connectivity index (χ3v) is 5.48. The molecular weight excluding hydrogens is 350 g/mol. The van der Waals surface area contributed by atoms with Crippen LogP contribution in [-0.4, -0.2) is 26.7 Å². The molecule has 0 spiro atoms. The van der Waals surface area contributed by atoms with Crippen LogP contribution < -0.4 is 10.1 Å². The fourth-order valence-corrected chi connectivity index (χ4v) is 3.82. The van der Waals surface area contributed by atoms with Crippen LogP contribution in [0.2, 0.25) is 0 Å². The number of amides is 1. The molecule has 0 saturated heterocycles. The summed E-state index contributed by atoms with van der Waals surface area (Å²) in [5.41, 5.74) is 0.452. The highest BCUT2D eigenvalue weighted by Gasteiger charge is 2.20. The van der Waals surface area contributed by atoms with E-state index < -0.39 is 21.5 Å². The number of para-hydroxylation sites is 2. The molecule has 0 saturated carbocycles. The molecule has 0 aromatic heterocycles. The van der Waals surface area contributed by atoms with Crippen LogP contribution in [0.4, 0.5) is 5.69 Å². The average Bonchev–Trinajstić information content (AvgIpc) is 2.62. The van der Waals surface area contributed by atoms with Gasteiger partial charge in [0, 0.05) is 0 Å². The molecule has 26 heavy (non-hydrogen) atoms. The number of anilines is 1. The Morgan fingerprint density at radius 3 is 2.42 bits per heavy atom. The molecule has 134 valence electrons. The van der Waals surface area contributed by atoms with Crippen LogP contribution in [0, 0.1) is 0 Å². The third kappa shape index (κ3) is 4.03. The van der Waals surface area contributed by atoms with Crippen LogP contribution in [0.1, 0.15) is 6.92 Å². The van der Waals surface area contributed by atoms with Crippen LogP contribution >= 0.6 is 0 Å². The molecule has 0 fully saturated rings. The van der Waals surface area contributed by atoms with E-state index in [1.54, 1.807) is 36.4 Å². The van der Waals surface area contributed by atoms with Gasteiger partial charge in [-0.3, -0.25) is 4.79 Å². The molecule has 0 bridgehead atoms. The number of carbonyl (C=O) groups excluding carboxylic acids is 1. The van der Waals surface area contributed by atoms with Gasteiger partial charge >= 0.3 is 0 Å². The van der Waals surface area contributed by atoms with Crippen LogP contribution in [0.3, 0.4) is 0 Å². The van der Waals surface area contributed by atoms with Crippen molar-refractivity contribution in [3.63, 3.8) is 0 Å². The van der Waals surface area contributed by atoms with Gasteiger partial charge < -0.3 is 10.1 Å². The van der Waals surface area contributed by atoms with E-state index in [9.17, 15) is 13.2 Å². The predicted molar refractivity (Wildman–Crippen MR) is 102 cm³/mol. The van der Waals surface area contributed by atoms with E-state index in [1.807, 2.05) is 31.2 Å². The largest absolute Gasteiger partial charge is 0.492 e. The maximum atomic E-state index is 12.6. The Bertz CT molecular complexity index is 1040. The number of hydrogen-bond donors (Lipinski definition) is 1. The fraction of sp³-hybridized carbons (Fsp3) is 0.150. The number of benzene rings is 3. The van der Waals surface area contributed by atoms with Crippen molar-refractivity contribution < 1.29 is 17.9 Å². The van der Waals surface area contributed by atoms with E-state index in [-0.39, 0.29) is 4.90 Å². The van der Waals surface area contributed by atoms with E-state index in [0.717, 1.165) is 10.8 Å². The molecule has 3 aromatic carbocycles. The number of carbonyl (C=O) groups is 1. The maximum absolute atomic E-state index is 12.6. The van der Waals surface area contributed by atoms with E-state index in [2.05, 4.69) is 5.32 Å². The van der Waals surface area contributed by atoms with Crippen molar-refractivity contribution in [2.75, 3.05) is 17.7 Å². The summed E-state index contributed by atoms with van der Waals surface area (Å²) in [6.45, 7) is 2.28. The summed E-state index contributed by atoms with van der Waals surface area (Å²) in [6, 6.07) is 19.3. The van der Waals surface area contributed by atoms with Gasteiger partial charge in [-0.1, -0.05) is 42.5 Å². The molecule has 0 aliphatic heterocycles. The molecular formula is C20H19NO4S. The van der Waals surface area contributed by atoms with Gasteiger partial charge in [-0.25, -0.2) is 8.42 Å². The standard InChI is InChI=1S/C20H19NO4S/c1-2-25-19-10-6-5-9-18(19)21-20(22)14-26(23,24)17-12-11-15-7-3-4-8-16(15)13-17/h3-13H,2,14H2,1H3,(H,21,22). The first kappa shape index (κ1) is 17.9. The SMILES string of the molecule is CCOc1ccccc1NC(=O)CS(=O)(=O)c1ccc2ccccc2c1.